The zero-order valence-corrected chi connectivity index (χ0v) is 11.5. The molecule has 2 nitrogen and oxygen atoms in total. The van der Waals surface area contributed by atoms with Crippen molar-refractivity contribution < 1.29 is 9.47 Å². The van der Waals surface area contributed by atoms with E-state index in [0.29, 0.717) is 11.2 Å². The second-order valence-corrected chi connectivity index (χ2v) is 6.49. The van der Waals surface area contributed by atoms with Crippen molar-refractivity contribution in [3.05, 3.63) is 29.8 Å². The molecule has 0 saturated carbocycles. The highest BCUT2D eigenvalue weighted by Crippen LogP contribution is 2.36. The third-order valence-electron chi connectivity index (χ3n) is 3.71. The van der Waals surface area contributed by atoms with Crippen LogP contribution in [0.15, 0.2) is 29.2 Å². The Labute approximate surface area is 113 Å². The van der Waals surface area contributed by atoms with Gasteiger partial charge >= 0.3 is 0 Å². The van der Waals surface area contributed by atoms with Crippen molar-refractivity contribution in [2.45, 2.75) is 29.4 Å². The lowest BCUT2D eigenvalue weighted by molar-refractivity contribution is 0.0212. The Morgan fingerprint density at radius 3 is 2.83 bits per heavy atom. The summed E-state index contributed by atoms with van der Waals surface area (Å²) in [6.45, 7) is 3.63. The molecule has 0 aromatic heterocycles. The van der Waals surface area contributed by atoms with E-state index in [4.69, 9.17) is 9.47 Å². The number of benzene rings is 1. The predicted molar refractivity (Wildman–Crippen MR) is 74.2 cm³/mol. The van der Waals surface area contributed by atoms with Crippen molar-refractivity contribution in [2.75, 3.05) is 26.4 Å². The van der Waals surface area contributed by atoms with Crippen LogP contribution >= 0.6 is 11.8 Å². The molecule has 1 aromatic carbocycles. The van der Waals surface area contributed by atoms with Gasteiger partial charge in [0, 0.05) is 30.0 Å². The van der Waals surface area contributed by atoms with E-state index in [1.165, 1.54) is 10.5 Å². The Morgan fingerprint density at radius 1 is 1.17 bits per heavy atom. The molecule has 2 heterocycles. The standard InChI is InChI=1S/C15H20O2S/c1-2-4-15-13(3-1)9-14(18-15)11-17-10-12-5-7-16-8-6-12/h1-4,12,14H,5-11H2. The average molecular weight is 264 g/mol. The topological polar surface area (TPSA) is 18.5 Å². The summed E-state index contributed by atoms with van der Waals surface area (Å²) in [5.41, 5.74) is 1.49. The molecule has 18 heavy (non-hydrogen) atoms. The molecule has 0 aliphatic carbocycles. The summed E-state index contributed by atoms with van der Waals surface area (Å²) < 4.78 is 11.3. The van der Waals surface area contributed by atoms with Gasteiger partial charge in [0.15, 0.2) is 0 Å². The van der Waals surface area contributed by atoms with Crippen molar-refractivity contribution >= 4 is 11.8 Å². The molecule has 0 amide bonds. The first-order valence-electron chi connectivity index (χ1n) is 6.82. The Balaban J connectivity index is 1.40. The molecule has 2 aliphatic heterocycles. The fourth-order valence-corrected chi connectivity index (χ4v) is 3.87. The maximum absolute atomic E-state index is 5.91. The Bertz CT molecular complexity index is 363. The van der Waals surface area contributed by atoms with E-state index in [-0.39, 0.29) is 0 Å². The summed E-state index contributed by atoms with van der Waals surface area (Å²) >= 11 is 1.97. The summed E-state index contributed by atoms with van der Waals surface area (Å²) in [5.74, 6) is 0.715. The highest BCUT2D eigenvalue weighted by atomic mass is 32.2. The predicted octanol–water partition coefficient (Wildman–Crippen LogP) is 3.15. The number of ether oxygens (including phenoxy) is 2. The van der Waals surface area contributed by atoms with Crippen LogP contribution in [-0.4, -0.2) is 31.7 Å². The summed E-state index contributed by atoms with van der Waals surface area (Å²) in [4.78, 5) is 1.44. The highest BCUT2D eigenvalue weighted by Gasteiger charge is 2.22. The minimum Gasteiger partial charge on any atom is -0.381 e. The second-order valence-electron chi connectivity index (χ2n) is 5.14. The fraction of sp³-hybridized carbons (Fsp3) is 0.600. The minimum atomic E-state index is 0.613. The average Bonchev–Trinajstić information content (AvgIpc) is 2.82. The minimum absolute atomic E-state index is 0.613. The van der Waals surface area contributed by atoms with Crippen LogP contribution in [0, 0.1) is 5.92 Å². The van der Waals surface area contributed by atoms with Gasteiger partial charge in [-0.3, -0.25) is 0 Å². The van der Waals surface area contributed by atoms with E-state index in [1.54, 1.807) is 0 Å². The van der Waals surface area contributed by atoms with Gasteiger partial charge in [-0.05, 0) is 36.8 Å². The zero-order valence-electron chi connectivity index (χ0n) is 10.6. The van der Waals surface area contributed by atoms with Gasteiger partial charge in [0.05, 0.1) is 6.61 Å². The molecule has 0 bridgehead atoms. The van der Waals surface area contributed by atoms with Crippen LogP contribution in [0.5, 0.6) is 0 Å². The van der Waals surface area contributed by atoms with Gasteiger partial charge < -0.3 is 9.47 Å². The zero-order chi connectivity index (χ0) is 12.2. The van der Waals surface area contributed by atoms with Crippen molar-refractivity contribution in [1.82, 2.24) is 0 Å². The normalized spacial score (nSPS) is 24.1. The molecule has 1 fully saturated rings. The van der Waals surface area contributed by atoms with Gasteiger partial charge in [-0.15, -0.1) is 11.8 Å². The van der Waals surface area contributed by atoms with Crippen LogP contribution in [0.2, 0.25) is 0 Å². The number of rotatable bonds is 4. The van der Waals surface area contributed by atoms with Crippen LogP contribution in [0.25, 0.3) is 0 Å². The van der Waals surface area contributed by atoms with Crippen LogP contribution < -0.4 is 0 Å². The van der Waals surface area contributed by atoms with Crippen molar-refractivity contribution in [3.63, 3.8) is 0 Å². The smallest absolute Gasteiger partial charge is 0.0591 e. The molecular formula is C15H20O2S. The van der Waals surface area contributed by atoms with Gasteiger partial charge in [0.2, 0.25) is 0 Å². The van der Waals surface area contributed by atoms with E-state index < -0.39 is 0 Å². The summed E-state index contributed by atoms with van der Waals surface area (Å²) in [6.07, 6.45) is 3.49. The summed E-state index contributed by atoms with van der Waals surface area (Å²) in [6, 6.07) is 8.71. The van der Waals surface area contributed by atoms with Gasteiger partial charge in [-0.1, -0.05) is 18.2 Å². The quantitative estimate of drug-likeness (QED) is 0.832. The molecule has 3 rings (SSSR count). The van der Waals surface area contributed by atoms with E-state index in [2.05, 4.69) is 24.3 Å². The lowest BCUT2D eigenvalue weighted by atomic mass is 10.0. The van der Waals surface area contributed by atoms with Gasteiger partial charge in [-0.25, -0.2) is 0 Å². The second kappa shape index (κ2) is 6.09. The molecule has 0 N–H and O–H groups in total. The van der Waals surface area contributed by atoms with Crippen molar-refractivity contribution in [2.24, 2.45) is 5.92 Å². The molecule has 1 atom stereocenters. The highest BCUT2D eigenvalue weighted by molar-refractivity contribution is 8.00. The molecule has 3 heteroatoms. The SMILES string of the molecule is c1ccc2c(c1)CC(COCC1CCOCC1)S2. The molecule has 0 spiro atoms. The first-order chi connectivity index (χ1) is 8.92. The van der Waals surface area contributed by atoms with Crippen molar-refractivity contribution in [3.8, 4) is 0 Å². The molecule has 2 aliphatic rings. The largest absolute Gasteiger partial charge is 0.381 e. The Kier molecular flexibility index (Phi) is 4.24. The number of fused-ring (bicyclic) bond motifs is 1. The third kappa shape index (κ3) is 3.08. The summed E-state index contributed by atoms with van der Waals surface area (Å²) in [7, 11) is 0. The molecule has 1 unspecified atom stereocenters. The molecule has 0 radical (unpaired) electrons. The molecule has 1 saturated heterocycles. The van der Waals surface area contributed by atoms with E-state index in [9.17, 15) is 0 Å². The molecule has 98 valence electrons. The van der Waals surface area contributed by atoms with E-state index >= 15 is 0 Å². The number of thioether (sulfide) groups is 1. The van der Waals surface area contributed by atoms with Crippen LogP contribution in [0.1, 0.15) is 18.4 Å². The molecule has 1 aromatic rings. The Hall–Kier alpha value is -0.510. The summed E-state index contributed by atoms with van der Waals surface area (Å²) in [5, 5.41) is 0.613. The monoisotopic (exact) mass is 264 g/mol. The first kappa shape index (κ1) is 12.5. The van der Waals surface area contributed by atoms with E-state index in [1.807, 2.05) is 11.8 Å². The number of hydrogen-bond acceptors (Lipinski definition) is 3. The van der Waals surface area contributed by atoms with Crippen LogP contribution in [0.3, 0.4) is 0 Å². The third-order valence-corrected chi connectivity index (χ3v) is 5.00. The lowest BCUT2D eigenvalue weighted by Gasteiger charge is -2.22. The van der Waals surface area contributed by atoms with E-state index in [0.717, 1.165) is 45.7 Å². The first-order valence-corrected chi connectivity index (χ1v) is 7.70. The maximum atomic E-state index is 5.91. The molecular weight excluding hydrogens is 244 g/mol. The number of hydrogen-bond donors (Lipinski definition) is 0. The van der Waals surface area contributed by atoms with Gasteiger partial charge in [-0.2, -0.15) is 0 Å². The van der Waals surface area contributed by atoms with Crippen molar-refractivity contribution in [1.29, 1.82) is 0 Å². The fourth-order valence-electron chi connectivity index (χ4n) is 2.63. The van der Waals surface area contributed by atoms with Gasteiger partial charge in [0.25, 0.3) is 0 Å². The Morgan fingerprint density at radius 2 is 2.00 bits per heavy atom. The van der Waals surface area contributed by atoms with Crippen LogP contribution in [0.4, 0.5) is 0 Å². The van der Waals surface area contributed by atoms with Crippen LogP contribution in [-0.2, 0) is 15.9 Å². The maximum Gasteiger partial charge on any atom is 0.0591 e. The van der Waals surface area contributed by atoms with Gasteiger partial charge in [0.1, 0.15) is 0 Å². The lowest BCUT2D eigenvalue weighted by Crippen LogP contribution is -2.22.